The lowest BCUT2D eigenvalue weighted by Gasteiger charge is -2.33. The number of rotatable bonds is 5. The van der Waals surface area contributed by atoms with E-state index in [9.17, 15) is 13.2 Å². The van der Waals surface area contributed by atoms with Gasteiger partial charge in [0.05, 0.1) is 24.7 Å². The molecule has 1 heterocycles. The fourth-order valence-electron chi connectivity index (χ4n) is 3.75. The minimum absolute atomic E-state index is 0.127. The van der Waals surface area contributed by atoms with E-state index in [0.717, 1.165) is 25.7 Å². The highest BCUT2D eigenvalue weighted by Crippen LogP contribution is 2.25. The molecule has 7 heteroatoms. The van der Waals surface area contributed by atoms with E-state index in [0.29, 0.717) is 31.9 Å². The number of carbonyl (C=O) groups is 1. The summed E-state index contributed by atoms with van der Waals surface area (Å²) in [4.78, 5) is 15.0. The second-order valence-electron chi connectivity index (χ2n) is 6.97. The van der Waals surface area contributed by atoms with E-state index < -0.39 is 10.0 Å². The van der Waals surface area contributed by atoms with E-state index in [4.69, 9.17) is 11.2 Å². The van der Waals surface area contributed by atoms with Crippen LogP contribution >= 0.6 is 0 Å². The van der Waals surface area contributed by atoms with Crippen molar-refractivity contribution < 1.29 is 17.9 Å². The first kappa shape index (κ1) is 19.9. The largest absolute Gasteiger partial charge is 0.379 e. The lowest BCUT2D eigenvalue weighted by molar-refractivity contribution is 0.0667. The van der Waals surface area contributed by atoms with Crippen LogP contribution in [0.5, 0.6) is 0 Å². The lowest BCUT2D eigenvalue weighted by Crippen LogP contribution is -2.42. The Morgan fingerprint density at radius 3 is 2.59 bits per heavy atom. The molecule has 2 aliphatic rings. The van der Waals surface area contributed by atoms with Crippen molar-refractivity contribution in [2.24, 2.45) is 0 Å². The van der Waals surface area contributed by atoms with Crippen molar-refractivity contribution in [3.8, 4) is 12.3 Å². The number of terminal acetylenes is 1. The number of nitrogens with zero attached hydrogens (tertiary/aromatic N) is 2. The third-order valence-electron chi connectivity index (χ3n) is 5.23. The van der Waals surface area contributed by atoms with E-state index in [1.807, 2.05) is 0 Å². The quantitative estimate of drug-likeness (QED) is 0.723. The Balaban J connectivity index is 1.84. The van der Waals surface area contributed by atoms with Gasteiger partial charge in [-0.15, -0.1) is 6.42 Å². The Hall–Kier alpha value is -1.88. The number of ether oxygens (including phenoxy) is 1. The molecule has 0 bridgehead atoms. The second-order valence-corrected chi connectivity index (χ2v) is 8.91. The van der Waals surface area contributed by atoms with Crippen LogP contribution in [0.4, 0.5) is 0 Å². The average molecular weight is 391 g/mol. The Morgan fingerprint density at radius 1 is 1.22 bits per heavy atom. The summed E-state index contributed by atoms with van der Waals surface area (Å²) in [5.74, 6) is 2.38. The predicted molar refractivity (Wildman–Crippen MR) is 103 cm³/mol. The third kappa shape index (κ3) is 4.52. The zero-order valence-electron chi connectivity index (χ0n) is 15.5. The van der Waals surface area contributed by atoms with Gasteiger partial charge in [0, 0.05) is 24.7 Å². The van der Waals surface area contributed by atoms with Crippen molar-refractivity contribution in [3.63, 3.8) is 0 Å². The summed E-state index contributed by atoms with van der Waals surface area (Å²) < 4.78 is 32.4. The molecule has 0 spiro atoms. The molecule has 1 aliphatic carbocycles. The summed E-state index contributed by atoms with van der Waals surface area (Å²) in [5.41, 5.74) is 0.366. The molecule has 1 aliphatic heterocycles. The molecule has 1 amide bonds. The highest BCUT2D eigenvalue weighted by Gasteiger charge is 2.29. The van der Waals surface area contributed by atoms with E-state index in [2.05, 4.69) is 5.92 Å². The van der Waals surface area contributed by atoms with Gasteiger partial charge in [0.25, 0.3) is 5.91 Å². The number of hydrogen-bond acceptors (Lipinski definition) is 4. The van der Waals surface area contributed by atoms with Crippen molar-refractivity contribution in [2.75, 3.05) is 32.8 Å². The number of amides is 1. The Kier molecular flexibility index (Phi) is 6.53. The maximum absolute atomic E-state index is 13.1. The summed E-state index contributed by atoms with van der Waals surface area (Å²) in [6.07, 6.45) is 10.7. The van der Waals surface area contributed by atoms with Crippen molar-refractivity contribution in [3.05, 3.63) is 29.8 Å². The molecule has 0 atom stereocenters. The van der Waals surface area contributed by atoms with Crippen LogP contribution < -0.4 is 0 Å². The molecule has 1 saturated heterocycles. The van der Waals surface area contributed by atoms with E-state index >= 15 is 0 Å². The van der Waals surface area contributed by atoms with Gasteiger partial charge in [-0.3, -0.25) is 4.79 Å². The highest BCUT2D eigenvalue weighted by atomic mass is 32.2. The van der Waals surface area contributed by atoms with Crippen LogP contribution in [0, 0.1) is 12.3 Å². The smallest absolute Gasteiger partial charge is 0.254 e. The normalized spacial score (nSPS) is 19.4. The van der Waals surface area contributed by atoms with Gasteiger partial charge in [-0.1, -0.05) is 31.2 Å². The predicted octanol–water partition coefficient (Wildman–Crippen LogP) is 2.12. The van der Waals surface area contributed by atoms with Crippen LogP contribution in [0.25, 0.3) is 0 Å². The van der Waals surface area contributed by atoms with Crippen LogP contribution in [0.3, 0.4) is 0 Å². The zero-order valence-corrected chi connectivity index (χ0v) is 16.3. The van der Waals surface area contributed by atoms with Crippen LogP contribution in [0.1, 0.15) is 42.5 Å². The molecule has 1 saturated carbocycles. The molecule has 0 aromatic heterocycles. The van der Waals surface area contributed by atoms with Crippen LogP contribution in [-0.2, 0) is 14.8 Å². The van der Waals surface area contributed by atoms with E-state index in [1.54, 1.807) is 17.0 Å². The van der Waals surface area contributed by atoms with Gasteiger partial charge in [0.15, 0.2) is 0 Å². The summed E-state index contributed by atoms with van der Waals surface area (Å²) in [6.45, 7) is 1.66. The summed E-state index contributed by atoms with van der Waals surface area (Å²) in [5, 5.41) is 0. The summed E-state index contributed by atoms with van der Waals surface area (Å²) >= 11 is 0. The fraction of sp³-hybridized carbons (Fsp3) is 0.550. The maximum Gasteiger partial charge on any atom is 0.254 e. The Bertz CT molecular complexity index is 804. The number of carbonyl (C=O) groups excluding carboxylic acids is 1. The molecule has 0 unspecified atom stereocenters. The van der Waals surface area contributed by atoms with Gasteiger partial charge < -0.3 is 9.64 Å². The van der Waals surface area contributed by atoms with Gasteiger partial charge in [-0.05, 0) is 31.0 Å². The highest BCUT2D eigenvalue weighted by molar-refractivity contribution is 7.89. The maximum atomic E-state index is 13.1. The SMILES string of the molecule is C#CCN(C(=O)c1cccc(S(=O)(=O)N2CCOCC2)c1)C1CCCCC1. The van der Waals surface area contributed by atoms with Crippen molar-refractivity contribution in [1.82, 2.24) is 9.21 Å². The molecule has 146 valence electrons. The number of hydrogen-bond donors (Lipinski definition) is 0. The molecular weight excluding hydrogens is 364 g/mol. The topological polar surface area (TPSA) is 66.9 Å². The van der Waals surface area contributed by atoms with Crippen LogP contribution in [0.2, 0.25) is 0 Å². The van der Waals surface area contributed by atoms with E-state index in [-0.39, 0.29) is 23.4 Å². The first-order chi connectivity index (χ1) is 13.0. The van der Waals surface area contributed by atoms with Gasteiger partial charge in [-0.2, -0.15) is 4.31 Å². The van der Waals surface area contributed by atoms with Crippen molar-refractivity contribution in [1.29, 1.82) is 0 Å². The monoisotopic (exact) mass is 390 g/mol. The Labute approximate surface area is 161 Å². The molecule has 0 N–H and O–H groups in total. The number of benzene rings is 1. The van der Waals surface area contributed by atoms with Crippen LogP contribution in [0.15, 0.2) is 29.2 Å². The molecule has 3 rings (SSSR count). The molecule has 1 aromatic rings. The number of sulfonamides is 1. The van der Waals surface area contributed by atoms with Crippen molar-refractivity contribution >= 4 is 15.9 Å². The standard InChI is InChI=1S/C20H26N2O4S/c1-2-11-22(18-8-4-3-5-9-18)20(23)17-7-6-10-19(16-17)27(24,25)21-12-14-26-15-13-21/h1,6-7,10,16,18H,3-5,8-9,11-15H2. The third-order valence-corrected chi connectivity index (χ3v) is 7.12. The minimum atomic E-state index is -3.64. The first-order valence-corrected chi connectivity index (χ1v) is 10.9. The molecular formula is C20H26N2O4S. The van der Waals surface area contributed by atoms with Crippen LogP contribution in [-0.4, -0.2) is 62.4 Å². The molecule has 27 heavy (non-hydrogen) atoms. The van der Waals surface area contributed by atoms with Gasteiger partial charge >= 0.3 is 0 Å². The Morgan fingerprint density at radius 2 is 1.93 bits per heavy atom. The molecule has 0 radical (unpaired) electrons. The summed E-state index contributed by atoms with van der Waals surface area (Å²) in [6, 6.07) is 6.41. The number of morpholine rings is 1. The van der Waals surface area contributed by atoms with Gasteiger partial charge in [0.2, 0.25) is 10.0 Å². The fourth-order valence-corrected chi connectivity index (χ4v) is 5.20. The molecule has 2 fully saturated rings. The molecule has 1 aromatic carbocycles. The zero-order chi connectivity index (χ0) is 19.3. The average Bonchev–Trinajstić information content (AvgIpc) is 2.73. The summed E-state index contributed by atoms with van der Waals surface area (Å²) in [7, 11) is -3.64. The van der Waals surface area contributed by atoms with E-state index in [1.165, 1.54) is 22.9 Å². The van der Waals surface area contributed by atoms with Gasteiger partial charge in [0.1, 0.15) is 0 Å². The minimum Gasteiger partial charge on any atom is -0.379 e. The first-order valence-electron chi connectivity index (χ1n) is 9.46. The molecule has 6 nitrogen and oxygen atoms in total. The second kappa shape index (κ2) is 8.87. The lowest BCUT2D eigenvalue weighted by atomic mass is 9.93. The van der Waals surface area contributed by atoms with Crippen molar-refractivity contribution in [2.45, 2.75) is 43.0 Å². The van der Waals surface area contributed by atoms with Gasteiger partial charge in [-0.25, -0.2) is 8.42 Å².